The van der Waals surface area contributed by atoms with Crippen LogP contribution in [0.4, 0.5) is 11.4 Å². The number of hydrogen-bond acceptors (Lipinski definition) is 5. The summed E-state index contributed by atoms with van der Waals surface area (Å²) in [7, 11) is 1.52. The highest BCUT2D eigenvalue weighted by Gasteiger charge is 2.09. The summed E-state index contributed by atoms with van der Waals surface area (Å²) in [6.07, 6.45) is 0. The highest BCUT2D eigenvalue weighted by molar-refractivity contribution is 6.09. The van der Waals surface area contributed by atoms with Gasteiger partial charge in [0.2, 0.25) is 0 Å². The maximum atomic E-state index is 12.1. The number of amides is 1. The summed E-state index contributed by atoms with van der Waals surface area (Å²) < 4.78 is 5.02. The zero-order chi connectivity index (χ0) is 19.1. The molecule has 2 rings (SSSR count). The lowest BCUT2D eigenvalue weighted by molar-refractivity contribution is -0.112. The first-order chi connectivity index (χ1) is 12.4. The topological polar surface area (TPSA) is 123 Å². The van der Waals surface area contributed by atoms with E-state index in [4.69, 9.17) is 15.3 Å². The molecule has 2 N–H and O–H groups in total. The maximum absolute atomic E-state index is 12.1. The second-order valence-electron chi connectivity index (χ2n) is 5.15. The summed E-state index contributed by atoms with van der Waals surface area (Å²) in [6, 6.07) is 10.9. The summed E-state index contributed by atoms with van der Waals surface area (Å²) in [6.45, 7) is 1.71. The van der Waals surface area contributed by atoms with E-state index in [9.17, 15) is 9.59 Å². The van der Waals surface area contributed by atoms with Gasteiger partial charge >= 0.3 is 5.97 Å². The van der Waals surface area contributed by atoms with E-state index < -0.39 is 17.6 Å². The number of carbonyl (C=O) groups is 2. The zero-order valence-corrected chi connectivity index (χ0v) is 14.1. The molecule has 0 saturated carbocycles. The van der Waals surface area contributed by atoms with Crippen LogP contribution in [0.1, 0.15) is 15.9 Å². The molecule has 2 aromatic rings. The van der Waals surface area contributed by atoms with Gasteiger partial charge in [-0.1, -0.05) is 6.07 Å². The number of methoxy groups -OCH3 is 1. The van der Waals surface area contributed by atoms with Gasteiger partial charge in [0, 0.05) is 5.69 Å². The Morgan fingerprint density at radius 3 is 2.46 bits per heavy atom. The van der Waals surface area contributed by atoms with Gasteiger partial charge in [0.05, 0.1) is 18.4 Å². The maximum Gasteiger partial charge on any atom is 0.335 e. The molecule has 0 aliphatic heterocycles. The quantitative estimate of drug-likeness (QED) is 0.469. The molecule has 2 aromatic carbocycles. The van der Waals surface area contributed by atoms with Gasteiger partial charge in [-0.05, 0) is 48.9 Å². The number of nitrogens with one attached hydrogen (secondary N) is 1. The van der Waals surface area contributed by atoms with Gasteiger partial charge in [-0.2, -0.15) is 0 Å². The van der Waals surface area contributed by atoms with Gasteiger partial charge in [-0.15, -0.1) is 10.2 Å². The largest absolute Gasteiger partial charge is 0.761 e. The van der Waals surface area contributed by atoms with Crippen LogP contribution in [-0.2, 0) is 4.79 Å². The molecule has 8 nitrogen and oxygen atoms in total. The van der Waals surface area contributed by atoms with Crippen LogP contribution in [0.5, 0.6) is 5.75 Å². The SMILES string of the molecule is COc1ccc(NC(=O)C(=C=[N-])N=Nc2cc(C(=O)O)ccc2C)cc1. The summed E-state index contributed by atoms with van der Waals surface area (Å²) in [5, 5.41) is 28.2. The van der Waals surface area contributed by atoms with Crippen molar-refractivity contribution in [3.05, 3.63) is 64.7 Å². The van der Waals surface area contributed by atoms with Crippen molar-refractivity contribution >= 4 is 29.1 Å². The van der Waals surface area contributed by atoms with Crippen molar-refractivity contribution in [3.63, 3.8) is 0 Å². The smallest absolute Gasteiger partial charge is 0.335 e. The van der Waals surface area contributed by atoms with E-state index in [0.29, 0.717) is 17.0 Å². The normalized spacial score (nSPS) is 10.2. The number of nitrogens with zero attached hydrogens (tertiary/aromatic N) is 3. The Balaban J connectivity index is 2.17. The number of azo groups is 1. The number of aryl methyl sites for hydroxylation is 1. The molecule has 1 amide bonds. The number of rotatable bonds is 6. The van der Waals surface area contributed by atoms with Crippen LogP contribution < -0.4 is 10.1 Å². The van der Waals surface area contributed by atoms with Crippen LogP contribution in [0.3, 0.4) is 0 Å². The fourth-order valence-electron chi connectivity index (χ4n) is 1.94. The Kier molecular flexibility index (Phi) is 5.97. The Morgan fingerprint density at radius 2 is 1.88 bits per heavy atom. The second-order valence-corrected chi connectivity index (χ2v) is 5.15. The summed E-state index contributed by atoms with van der Waals surface area (Å²) >= 11 is 0. The monoisotopic (exact) mass is 351 g/mol. The molecule has 0 unspecified atom stereocenters. The molecule has 0 spiro atoms. The molecular formula is C18H15N4O4-. The fraction of sp³-hybridized carbons (Fsp3) is 0.111. The van der Waals surface area contributed by atoms with Crippen LogP contribution in [0.2, 0.25) is 0 Å². The Bertz CT molecular complexity index is 913. The number of carbonyl (C=O) groups excluding carboxylic acids is 1. The van der Waals surface area contributed by atoms with E-state index in [1.165, 1.54) is 19.2 Å². The zero-order valence-electron chi connectivity index (χ0n) is 14.1. The summed E-state index contributed by atoms with van der Waals surface area (Å²) in [5.74, 6) is 0.464. The van der Waals surface area contributed by atoms with Crippen LogP contribution >= 0.6 is 0 Å². The number of ether oxygens (including phenoxy) is 1. The molecule has 0 saturated heterocycles. The minimum Gasteiger partial charge on any atom is -0.761 e. The molecule has 132 valence electrons. The predicted molar refractivity (Wildman–Crippen MR) is 96.2 cm³/mol. The average molecular weight is 351 g/mol. The van der Waals surface area contributed by atoms with E-state index in [0.717, 1.165) is 0 Å². The number of hydrogen-bond donors (Lipinski definition) is 2. The van der Waals surface area contributed by atoms with Crippen molar-refractivity contribution in [1.29, 1.82) is 0 Å². The summed E-state index contributed by atoms with van der Waals surface area (Å²) in [5.41, 5.74) is 0.955. The van der Waals surface area contributed by atoms with E-state index in [-0.39, 0.29) is 11.3 Å². The third kappa shape index (κ3) is 4.62. The van der Waals surface area contributed by atoms with E-state index in [1.54, 1.807) is 43.1 Å². The van der Waals surface area contributed by atoms with Crippen LogP contribution in [-0.4, -0.2) is 30.0 Å². The van der Waals surface area contributed by atoms with Crippen molar-refractivity contribution in [2.24, 2.45) is 10.2 Å². The van der Waals surface area contributed by atoms with E-state index in [2.05, 4.69) is 15.5 Å². The lowest BCUT2D eigenvalue weighted by Gasteiger charge is -2.06. The number of aromatic carboxylic acids is 1. The third-order valence-electron chi connectivity index (χ3n) is 3.38. The fourth-order valence-corrected chi connectivity index (χ4v) is 1.94. The van der Waals surface area contributed by atoms with Crippen molar-refractivity contribution in [1.82, 2.24) is 0 Å². The third-order valence-corrected chi connectivity index (χ3v) is 3.38. The van der Waals surface area contributed by atoms with Crippen LogP contribution in [0.25, 0.3) is 5.41 Å². The van der Waals surface area contributed by atoms with Gasteiger partial charge in [-0.3, -0.25) is 4.79 Å². The van der Waals surface area contributed by atoms with Gasteiger partial charge < -0.3 is 20.6 Å². The molecule has 0 fully saturated rings. The molecule has 0 bridgehead atoms. The number of benzene rings is 2. The Hall–Kier alpha value is -3.77. The minimum absolute atomic E-state index is 0.0331. The van der Waals surface area contributed by atoms with E-state index in [1.807, 2.05) is 0 Å². The molecule has 26 heavy (non-hydrogen) atoms. The standard InChI is InChI=1S/C18H15N4O4/c1-11-3-4-12(18(24)25)9-15(11)21-22-16(10-19)17(23)20-13-5-7-14(26-2)8-6-13/h3-9H,1-2H3,(H,20,23)(H,24,25)/q-1. The molecule has 0 heterocycles. The summed E-state index contributed by atoms with van der Waals surface area (Å²) in [4.78, 5) is 23.1. The first-order valence-electron chi connectivity index (χ1n) is 7.42. The van der Waals surface area contributed by atoms with Crippen molar-refractivity contribution in [3.8, 4) is 5.75 Å². The molecule has 0 aliphatic rings. The van der Waals surface area contributed by atoms with Gasteiger partial charge in [0.15, 0.2) is 5.70 Å². The number of carboxylic acids is 1. The average Bonchev–Trinajstić information content (AvgIpc) is 2.64. The van der Waals surface area contributed by atoms with Crippen LogP contribution in [0.15, 0.2) is 58.4 Å². The lowest BCUT2D eigenvalue weighted by Crippen LogP contribution is -2.13. The van der Waals surface area contributed by atoms with Crippen molar-refractivity contribution < 1.29 is 19.4 Å². The van der Waals surface area contributed by atoms with Crippen molar-refractivity contribution in [2.75, 3.05) is 12.4 Å². The first kappa shape index (κ1) is 18.6. The Morgan fingerprint density at radius 1 is 1.19 bits per heavy atom. The minimum atomic E-state index is -1.11. The molecule has 0 aliphatic carbocycles. The molecular weight excluding hydrogens is 336 g/mol. The highest BCUT2D eigenvalue weighted by Crippen LogP contribution is 2.22. The predicted octanol–water partition coefficient (Wildman–Crippen LogP) is 3.55. The molecule has 8 heteroatoms. The molecule has 0 radical (unpaired) electrons. The Labute approximate surface area is 149 Å². The molecule has 0 aromatic heterocycles. The van der Waals surface area contributed by atoms with Gasteiger partial charge in [0.1, 0.15) is 5.75 Å². The van der Waals surface area contributed by atoms with Gasteiger partial charge in [-0.25, -0.2) is 10.7 Å². The van der Waals surface area contributed by atoms with Crippen LogP contribution in [0, 0.1) is 6.92 Å². The lowest BCUT2D eigenvalue weighted by atomic mass is 10.1. The number of anilines is 1. The van der Waals surface area contributed by atoms with E-state index >= 15 is 0 Å². The highest BCUT2D eigenvalue weighted by atomic mass is 16.5. The molecule has 0 atom stereocenters. The van der Waals surface area contributed by atoms with Gasteiger partial charge in [0.25, 0.3) is 5.91 Å². The first-order valence-corrected chi connectivity index (χ1v) is 7.42. The second kappa shape index (κ2) is 8.36. The van der Waals surface area contributed by atoms with Crippen molar-refractivity contribution in [2.45, 2.75) is 6.92 Å². The number of carboxylic acid groups (broad SMARTS) is 1.